The van der Waals surface area contributed by atoms with Gasteiger partial charge in [0.15, 0.2) is 0 Å². The lowest BCUT2D eigenvalue weighted by atomic mass is 9.74. The molecule has 4 rings (SSSR count). The number of halogens is 2. The molecule has 0 radical (unpaired) electrons. The first-order chi connectivity index (χ1) is 17.3. The van der Waals surface area contributed by atoms with Crippen LogP contribution in [0.25, 0.3) is 0 Å². The van der Waals surface area contributed by atoms with Crippen molar-refractivity contribution in [3.05, 3.63) is 128 Å². The van der Waals surface area contributed by atoms with Gasteiger partial charge >= 0.3 is 11.9 Å². The number of benzene rings is 4. The van der Waals surface area contributed by atoms with Crippen LogP contribution in [0.1, 0.15) is 52.1 Å². The van der Waals surface area contributed by atoms with Crippen LogP contribution in [0, 0.1) is 0 Å². The van der Waals surface area contributed by atoms with Gasteiger partial charge in [-0.15, -0.1) is 0 Å². The van der Waals surface area contributed by atoms with E-state index in [1.807, 2.05) is 60.7 Å². The maximum Gasteiger partial charge on any atom is 0.343 e. The highest BCUT2D eigenvalue weighted by atomic mass is 79.9. The smallest absolute Gasteiger partial charge is 0.343 e. The van der Waals surface area contributed by atoms with Gasteiger partial charge in [-0.2, -0.15) is 0 Å². The highest BCUT2D eigenvalue weighted by molar-refractivity contribution is 9.10. The molecule has 0 bridgehead atoms. The summed E-state index contributed by atoms with van der Waals surface area (Å²) in [5.74, 6) is 0.152. The number of esters is 2. The van der Waals surface area contributed by atoms with Gasteiger partial charge in [0.25, 0.3) is 0 Å². The van der Waals surface area contributed by atoms with E-state index in [0.29, 0.717) is 22.6 Å². The highest BCUT2D eigenvalue weighted by Crippen LogP contribution is 2.37. The van der Waals surface area contributed by atoms with E-state index in [4.69, 9.17) is 9.47 Å². The van der Waals surface area contributed by atoms with Crippen LogP contribution >= 0.6 is 31.9 Å². The fourth-order valence-corrected chi connectivity index (χ4v) is 4.72. The normalized spacial score (nSPS) is 11.1. The topological polar surface area (TPSA) is 52.6 Å². The Morgan fingerprint density at radius 2 is 1.06 bits per heavy atom. The molecule has 4 aromatic rings. The van der Waals surface area contributed by atoms with Gasteiger partial charge in [0.05, 0.1) is 11.1 Å². The summed E-state index contributed by atoms with van der Waals surface area (Å²) in [7, 11) is 0. The first-order valence-electron chi connectivity index (χ1n) is 11.4. The molecule has 6 heteroatoms. The molecule has 182 valence electrons. The van der Waals surface area contributed by atoms with Gasteiger partial charge in [-0.1, -0.05) is 82.1 Å². The van der Waals surface area contributed by atoms with Gasteiger partial charge in [-0.25, -0.2) is 9.59 Å². The Kier molecular flexibility index (Phi) is 8.07. The number of rotatable bonds is 7. The largest absolute Gasteiger partial charge is 0.423 e. The second-order valence-corrected chi connectivity index (χ2v) is 10.4. The first kappa shape index (κ1) is 25.9. The maximum atomic E-state index is 12.5. The lowest BCUT2D eigenvalue weighted by Gasteiger charge is -2.30. The van der Waals surface area contributed by atoms with Gasteiger partial charge in [-0.3, -0.25) is 0 Å². The Balaban J connectivity index is 1.47. The van der Waals surface area contributed by atoms with E-state index in [1.54, 1.807) is 36.4 Å². The van der Waals surface area contributed by atoms with E-state index in [2.05, 4.69) is 45.7 Å². The molecule has 0 saturated carbocycles. The molecule has 0 aromatic heterocycles. The van der Waals surface area contributed by atoms with Gasteiger partial charge in [0.1, 0.15) is 11.5 Å². The third-order valence-corrected chi connectivity index (χ3v) is 7.22. The number of hydrogen-bond acceptors (Lipinski definition) is 4. The van der Waals surface area contributed by atoms with E-state index in [-0.39, 0.29) is 5.41 Å². The van der Waals surface area contributed by atoms with Crippen LogP contribution in [0.15, 0.2) is 106 Å². The van der Waals surface area contributed by atoms with Crippen LogP contribution in [0.3, 0.4) is 0 Å². The minimum absolute atomic E-state index is 0.278. The van der Waals surface area contributed by atoms with Crippen LogP contribution in [-0.2, 0) is 5.41 Å². The standard InChI is InChI=1S/C30H24Br2O4/c1-3-30(2,22-10-14-26(15-11-22)35-28(33)20-6-4-8-24(31)18-20)23-12-16-27(17-13-23)36-29(34)21-7-5-9-25(32)19-21/h4-19H,3H2,1-2H3. The van der Waals surface area contributed by atoms with Crippen LogP contribution in [-0.4, -0.2) is 11.9 Å². The van der Waals surface area contributed by atoms with Crippen molar-refractivity contribution in [2.45, 2.75) is 25.7 Å². The molecule has 0 spiro atoms. The summed E-state index contributed by atoms with van der Waals surface area (Å²) >= 11 is 6.75. The van der Waals surface area contributed by atoms with Crippen molar-refractivity contribution in [2.24, 2.45) is 0 Å². The zero-order chi connectivity index (χ0) is 25.7. The predicted octanol–water partition coefficient (Wildman–Crippen LogP) is 8.37. The first-order valence-corrected chi connectivity index (χ1v) is 13.0. The summed E-state index contributed by atoms with van der Waals surface area (Å²) in [6.07, 6.45) is 0.849. The molecular formula is C30H24Br2O4. The van der Waals surface area contributed by atoms with E-state index >= 15 is 0 Å². The minimum Gasteiger partial charge on any atom is -0.423 e. The van der Waals surface area contributed by atoms with Gasteiger partial charge in [-0.05, 0) is 78.2 Å². The molecular weight excluding hydrogens is 584 g/mol. The quantitative estimate of drug-likeness (QED) is 0.156. The molecule has 0 aliphatic carbocycles. The number of carbonyl (C=O) groups is 2. The molecule has 0 heterocycles. The Morgan fingerprint density at radius 1 is 0.667 bits per heavy atom. The molecule has 0 unspecified atom stereocenters. The average molecular weight is 608 g/mol. The summed E-state index contributed by atoms with van der Waals surface area (Å²) in [6.45, 7) is 4.29. The van der Waals surface area contributed by atoms with Crippen molar-refractivity contribution >= 4 is 43.8 Å². The highest BCUT2D eigenvalue weighted by Gasteiger charge is 2.27. The third-order valence-electron chi connectivity index (χ3n) is 6.23. The summed E-state index contributed by atoms with van der Waals surface area (Å²) in [5, 5.41) is 0. The van der Waals surface area contributed by atoms with Gasteiger partial charge in [0.2, 0.25) is 0 Å². The molecule has 36 heavy (non-hydrogen) atoms. The zero-order valence-electron chi connectivity index (χ0n) is 19.8. The van der Waals surface area contributed by atoms with Crippen LogP contribution in [0.4, 0.5) is 0 Å². The van der Waals surface area contributed by atoms with Crippen molar-refractivity contribution < 1.29 is 19.1 Å². The SMILES string of the molecule is CCC(C)(c1ccc(OC(=O)c2cccc(Br)c2)cc1)c1ccc(OC(=O)c2cccc(Br)c2)cc1. The monoisotopic (exact) mass is 606 g/mol. The fraction of sp³-hybridized carbons (Fsp3) is 0.133. The lowest BCUT2D eigenvalue weighted by molar-refractivity contribution is 0.0725. The molecule has 0 saturated heterocycles. The molecule has 0 atom stereocenters. The minimum atomic E-state index is -0.407. The molecule has 4 aromatic carbocycles. The van der Waals surface area contributed by atoms with E-state index in [1.165, 1.54) is 0 Å². The second-order valence-electron chi connectivity index (χ2n) is 8.53. The number of hydrogen-bond donors (Lipinski definition) is 0. The average Bonchev–Trinajstić information content (AvgIpc) is 2.89. The van der Waals surface area contributed by atoms with E-state index in [0.717, 1.165) is 26.5 Å². The molecule has 0 amide bonds. The summed E-state index contributed by atoms with van der Waals surface area (Å²) in [6, 6.07) is 29.4. The molecule has 0 aliphatic rings. The predicted molar refractivity (Wildman–Crippen MR) is 148 cm³/mol. The molecule has 4 nitrogen and oxygen atoms in total. The van der Waals surface area contributed by atoms with Crippen molar-refractivity contribution in [1.82, 2.24) is 0 Å². The number of carbonyl (C=O) groups excluding carboxylic acids is 2. The van der Waals surface area contributed by atoms with Crippen LogP contribution in [0.5, 0.6) is 11.5 Å². The fourth-order valence-electron chi connectivity index (χ4n) is 3.92. The summed E-state index contributed by atoms with van der Waals surface area (Å²) in [5.41, 5.74) is 2.86. The van der Waals surface area contributed by atoms with Crippen molar-refractivity contribution in [3.63, 3.8) is 0 Å². The van der Waals surface area contributed by atoms with Crippen LogP contribution < -0.4 is 9.47 Å². The lowest BCUT2D eigenvalue weighted by Crippen LogP contribution is -2.22. The van der Waals surface area contributed by atoms with Crippen molar-refractivity contribution in [3.8, 4) is 11.5 Å². The molecule has 0 fully saturated rings. The van der Waals surface area contributed by atoms with E-state index in [9.17, 15) is 9.59 Å². The van der Waals surface area contributed by atoms with Crippen molar-refractivity contribution in [2.75, 3.05) is 0 Å². The summed E-state index contributed by atoms with van der Waals surface area (Å²) in [4.78, 5) is 24.9. The maximum absolute atomic E-state index is 12.5. The van der Waals surface area contributed by atoms with Crippen molar-refractivity contribution in [1.29, 1.82) is 0 Å². The molecule has 0 N–H and O–H groups in total. The second kappa shape index (κ2) is 11.2. The van der Waals surface area contributed by atoms with Crippen LogP contribution in [0.2, 0.25) is 0 Å². The Labute approximate surface area is 227 Å². The molecule has 0 aliphatic heterocycles. The Hall–Kier alpha value is -3.22. The van der Waals surface area contributed by atoms with Gasteiger partial charge in [0, 0.05) is 14.4 Å². The van der Waals surface area contributed by atoms with E-state index < -0.39 is 11.9 Å². The number of ether oxygens (including phenoxy) is 2. The zero-order valence-corrected chi connectivity index (χ0v) is 23.0. The van der Waals surface area contributed by atoms with Gasteiger partial charge < -0.3 is 9.47 Å². The Bertz CT molecular complexity index is 1280. The third kappa shape index (κ3) is 5.94. The Morgan fingerprint density at radius 3 is 1.39 bits per heavy atom. The summed E-state index contributed by atoms with van der Waals surface area (Å²) < 4.78 is 12.7.